The number of aromatic hydroxyl groups is 1. The Bertz CT molecular complexity index is 804. The second-order valence-electron chi connectivity index (χ2n) is 6.61. The molecule has 168 valence electrons. The molecule has 2 rings (SSSR count). The van der Waals surface area contributed by atoms with Crippen LogP contribution >= 0.6 is 64.0 Å². The predicted octanol–water partition coefficient (Wildman–Crippen LogP) is 4.32. The standard InChI is InChI=1S/C15H12Br4O2.C4H10O5/c1-15(2,8-3-5-9(20)6-4-8)12-10(16)7-11(21-19)13(17)14(12)18;5-3(6)1-9-2-4(7)8/h3-7,20H,1-2H3;3-8H,1-2H2. The van der Waals surface area contributed by atoms with Gasteiger partial charge in [-0.15, -0.1) is 0 Å². The Morgan fingerprint density at radius 1 is 0.900 bits per heavy atom. The summed E-state index contributed by atoms with van der Waals surface area (Å²) < 4.78 is 12.2. The van der Waals surface area contributed by atoms with Gasteiger partial charge in [-0.1, -0.05) is 41.9 Å². The summed E-state index contributed by atoms with van der Waals surface area (Å²) in [5.74, 6) is 0.941. The second-order valence-corrected chi connectivity index (χ2v) is 9.37. The molecule has 0 aromatic heterocycles. The molecule has 0 aliphatic carbocycles. The van der Waals surface area contributed by atoms with E-state index in [2.05, 4.69) is 82.6 Å². The molecule has 0 atom stereocenters. The molecule has 0 aliphatic heterocycles. The van der Waals surface area contributed by atoms with E-state index in [4.69, 9.17) is 24.3 Å². The van der Waals surface area contributed by atoms with Gasteiger partial charge in [0.05, 0.1) is 17.7 Å². The van der Waals surface area contributed by atoms with Crippen molar-refractivity contribution in [3.05, 3.63) is 54.9 Å². The highest BCUT2D eigenvalue weighted by Crippen LogP contribution is 2.47. The lowest BCUT2D eigenvalue weighted by atomic mass is 9.78. The molecule has 2 aromatic carbocycles. The first-order valence-electron chi connectivity index (χ1n) is 8.47. The molecular formula is C19H22Br4O7. The van der Waals surface area contributed by atoms with Crippen LogP contribution in [0.15, 0.2) is 43.7 Å². The molecule has 5 N–H and O–H groups in total. The predicted molar refractivity (Wildman–Crippen MR) is 127 cm³/mol. The number of hydrogen-bond donors (Lipinski definition) is 5. The molecule has 30 heavy (non-hydrogen) atoms. The second kappa shape index (κ2) is 12.7. The van der Waals surface area contributed by atoms with Gasteiger partial charge in [-0.2, -0.15) is 0 Å². The fourth-order valence-electron chi connectivity index (χ4n) is 2.50. The SMILES string of the molecule is CC(C)(c1ccc(O)cc1)c1c(Br)cc(OBr)c(Br)c1Br.OC(O)COCC(O)O. The minimum absolute atomic E-state index is 0.261. The number of aliphatic hydroxyl groups is 4. The number of phenols is 1. The Balaban J connectivity index is 0.000000424. The number of rotatable bonds is 7. The summed E-state index contributed by atoms with van der Waals surface area (Å²) in [5.41, 5.74) is 1.92. The van der Waals surface area contributed by atoms with E-state index >= 15 is 0 Å². The van der Waals surface area contributed by atoms with E-state index in [9.17, 15) is 5.11 Å². The van der Waals surface area contributed by atoms with Gasteiger partial charge in [0.1, 0.15) is 5.75 Å². The van der Waals surface area contributed by atoms with Gasteiger partial charge < -0.3 is 34.1 Å². The fraction of sp³-hybridized carbons (Fsp3) is 0.368. The van der Waals surface area contributed by atoms with E-state index in [1.54, 1.807) is 12.1 Å². The molecule has 0 bridgehead atoms. The quantitative estimate of drug-likeness (QED) is 0.218. The average molecular weight is 682 g/mol. The molecule has 0 aliphatic rings. The lowest BCUT2D eigenvalue weighted by Gasteiger charge is -2.29. The van der Waals surface area contributed by atoms with Crippen molar-refractivity contribution in [2.24, 2.45) is 0 Å². The molecule has 0 amide bonds. The zero-order chi connectivity index (χ0) is 23.1. The first-order chi connectivity index (χ1) is 13.9. The monoisotopic (exact) mass is 678 g/mol. The molecule has 0 spiro atoms. The van der Waals surface area contributed by atoms with Crippen LogP contribution in [0.4, 0.5) is 0 Å². The molecule has 0 saturated heterocycles. The Morgan fingerprint density at radius 3 is 1.83 bits per heavy atom. The van der Waals surface area contributed by atoms with Gasteiger partial charge in [-0.05, 0) is 61.2 Å². The Labute approximate surface area is 208 Å². The van der Waals surface area contributed by atoms with Crippen LogP contribution in [-0.4, -0.2) is 51.3 Å². The molecule has 0 heterocycles. The van der Waals surface area contributed by atoms with E-state index in [1.807, 2.05) is 18.2 Å². The van der Waals surface area contributed by atoms with Crippen molar-refractivity contribution in [2.75, 3.05) is 13.2 Å². The van der Waals surface area contributed by atoms with Crippen molar-refractivity contribution in [3.63, 3.8) is 0 Å². The summed E-state index contributed by atoms with van der Waals surface area (Å²) in [4.78, 5) is 0. The number of aliphatic hydroxyl groups excluding tert-OH is 2. The third kappa shape index (κ3) is 8.03. The number of hydrogen-bond acceptors (Lipinski definition) is 7. The van der Waals surface area contributed by atoms with Crippen LogP contribution in [0.3, 0.4) is 0 Å². The average Bonchev–Trinajstić information content (AvgIpc) is 2.64. The highest BCUT2D eigenvalue weighted by Gasteiger charge is 2.30. The number of halogens is 4. The lowest BCUT2D eigenvalue weighted by Crippen LogP contribution is -2.20. The largest absolute Gasteiger partial charge is 0.508 e. The van der Waals surface area contributed by atoms with Crippen molar-refractivity contribution in [3.8, 4) is 11.5 Å². The fourth-order valence-corrected chi connectivity index (χ4v) is 5.44. The Kier molecular flexibility index (Phi) is 11.8. The minimum Gasteiger partial charge on any atom is -0.508 e. The van der Waals surface area contributed by atoms with Crippen molar-refractivity contribution >= 4 is 64.0 Å². The van der Waals surface area contributed by atoms with Gasteiger partial charge in [0.2, 0.25) is 0 Å². The Hall–Kier alpha value is -0.240. The van der Waals surface area contributed by atoms with Crippen LogP contribution in [0, 0.1) is 0 Å². The number of ether oxygens (including phenoxy) is 1. The van der Waals surface area contributed by atoms with E-state index < -0.39 is 12.6 Å². The van der Waals surface area contributed by atoms with E-state index in [0.717, 1.165) is 24.5 Å². The van der Waals surface area contributed by atoms with Gasteiger partial charge in [-0.3, -0.25) is 0 Å². The van der Waals surface area contributed by atoms with Gasteiger partial charge in [-0.25, -0.2) is 0 Å². The third-order valence-corrected chi connectivity index (χ3v) is 7.04. The van der Waals surface area contributed by atoms with Crippen LogP contribution in [0.1, 0.15) is 25.0 Å². The zero-order valence-corrected chi connectivity index (χ0v) is 22.4. The highest BCUT2D eigenvalue weighted by molar-refractivity contribution is 9.13. The molecule has 11 heteroatoms. The van der Waals surface area contributed by atoms with Gasteiger partial charge in [0, 0.05) is 14.4 Å². The Morgan fingerprint density at radius 2 is 1.40 bits per heavy atom. The van der Waals surface area contributed by atoms with Crippen LogP contribution in [0.2, 0.25) is 0 Å². The summed E-state index contributed by atoms with van der Waals surface area (Å²) in [7, 11) is 0. The van der Waals surface area contributed by atoms with Crippen LogP contribution in [-0.2, 0) is 10.2 Å². The van der Waals surface area contributed by atoms with Crippen LogP contribution in [0.25, 0.3) is 0 Å². The smallest absolute Gasteiger partial charge is 0.179 e. The zero-order valence-electron chi connectivity index (χ0n) is 16.0. The normalized spacial score (nSPS) is 11.5. The summed E-state index contributed by atoms with van der Waals surface area (Å²) in [6.45, 7) is 3.64. The molecule has 0 unspecified atom stereocenters. The number of benzene rings is 2. The summed E-state index contributed by atoms with van der Waals surface area (Å²) in [6.07, 6.45) is -3.10. The van der Waals surface area contributed by atoms with Crippen molar-refractivity contribution < 1.29 is 34.1 Å². The number of phenolic OH excluding ortho intramolecular Hbond substituents is 1. The molecule has 0 radical (unpaired) electrons. The third-order valence-electron chi connectivity index (χ3n) is 3.96. The molecular weight excluding hydrogens is 660 g/mol. The van der Waals surface area contributed by atoms with Gasteiger partial charge >= 0.3 is 0 Å². The summed E-state index contributed by atoms with van der Waals surface area (Å²) >= 11 is 13.8. The maximum atomic E-state index is 9.47. The minimum atomic E-state index is -1.55. The van der Waals surface area contributed by atoms with E-state index in [-0.39, 0.29) is 24.4 Å². The molecule has 0 saturated carbocycles. The maximum absolute atomic E-state index is 9.47. The lowest BCUT2D eigenvalue weighted by molar-refractivity contribution is -0.138. The van der Waals surface area contributed by atoms with Gasteiger partial charge in [0.15, 0.2) is 34.6 Å². The highest BCUT2D eigenvalue weighted by atomic mass is 79.9. The van der Waals surface area contributed by atoms with E-state index in [1.165, 1.54) is 0 Å². The first kappa shape index (κ1) is 27.8. The topological polar surface area (TPSA) is 120 Å². The van der Waals surface area contributed by atoms with Gasteiger partial charge in [0.25, 0.3) is 0 Å². The molecule has 7 nitrogen and oxygen atoms in total. The van der Waals surface area contributed by atoms with Crippen molar-refractivity contribution in [1.82, 2.24) is 0 Å². The summed E-state index contributed by atoms with van der Waals surface area (Å²) in [6, 6.07) is 9.16. The van der Waals surface area contributed by atoms with E-state index in [0.29, 0.717) is 5.75 Å². The molecule has 2 aromatic rings. The van der Waals surface area contributed by atoms with Crippen molar-refractivity contribution in [2.45, 2.75) is 31.8 Å². The maximum Gasteiger partial charge on any atom is 0.179 e. The summed E-state index contributed by atoms with van der Waals surface area (Å²) in [5, 5.41) is 42.0. The van der Waals surface area contributed by atoms with Crippen LogP contribution in [0.5, 0.6) is 11.5 Å². The van der Waals surface area contributed by atoms with Crippen molar-refractivity contribution in [1.29, 1.82) is 0 Å². The van der Waals surface area contributed by atoms with Crippen LogP contribution < -0.4 is 3.83 Å². The first-order valence-corrected chi connectivity index (χ1v) is 11.5. The molecule has 0 fully saturated rings.